The van der Waals surface area contributed by atoms with Crippen molar-refractivity contribution >= 4 is 11.3 Å². The second-order valence-corrected chi connectivity index (χ2v) is 4.63. The van der Waals surface area contributed by atoms with Crippen LogP contribution in [0.1, 0.15) is 24.4 Å². The highest BCUT2D eigenvalue weighted by atomic mass is 32.1. The van der Waals surface area contributed by atoms with E-state index in [0.717, 1.165) is 24.5 Å². The van der Waals surface area contributed by atoms with Crippen molar-refractivity contribution in [3.63, 3.8) is 0 Å². The largest absolute Gasteiger partial charge is 0.337 e. The molecule has 0 spiro atoms. The molecule has 0 aliphatic rings. The Morgan fingerprint density at radius 3 is 3.12 bits per heavy atom. The van der Waals surface area contributed by atoms with E-state index in [-0.39, 0.29) is 0 Å². The molecule has 2 heterocycles. The average molecular weight is 236 g/mol. The van der Waals surface area contributed by atoms with E-state index in [1.165, 1.54) is 0 Å². The summed E-state index contributed by atoms with van der Waals surface area (Å²) in [6, 6.07) is 0.350. The summed E-state index contributed by atoms with van der Waals surface area (Å²) < 4.78 is 2.09. The maximum atomic E-state index is 4.29. The summed E-state index contributed by atoms with van der Waals surface area (Å²) in [6.45, 7) is 4.16. The smallest absolute Gasteiger partial charge is 0.109 e. The molecule has 0 saturated heterocycles. The van der Waals surface area contributed by atoms with Crippen LogP contribution in [0.2, 0.25) is 0 Å². The Hall–Kier alpha value is -1.20. The van der Waals surface area contributed by atoms with E-state index in [0.29, 0.717) is 6.04 Å². The first-order valence-corrected chi connectivity index (χ1v) is 6.33. The zero-order valence-corrected chi connectivity index (χ0v) is 10.2. The number of aromatic nitrogens is 3. The molecule has 2 aromatic rings. The van der Waals surface area contributed by atoms with Gasteiger partial charge in [-0.25, -0.2) is 9.97 Å². The van der Waals surface area contributed by atoms with Crippen LogP contribution in [-0.2, 0) is 6.54 Å². The fourth-order valence-corrected chi connectivity index (χ4v) is 2.21. The van der Waals surface area contributed by atoms with E-state index >= 15 is 0 Å². The van der Waals surface area contributed by atoms with Gasteiger partial charge in [0.25, 0.3) is 0 Å². The van der Waals surface area contributed by atoms with Crippen molar-refractivity contribution in [2.45, 2.75) is 25.9 Å². The lowest BCUT2D eigenvalue weighted by Crippen LogP contribution is -2.20. The van der Waals surface area contributed by atoms with Crippen LogP contribution in [0.4, 0.5) is 0 Å². The van der Waals surface area contributed by atoms with Crippen LogP contribution in [-0.4, -0.2) is 21.1 Å². The molecule has 0 aliphatic heterocycles. The summed E-state index contributed by atoms with van der Waals surface area (Å²) in [7, 11) is 0. The predicted molar refractivity (Wildman–Crippen MR) is 65.4 cm³/mol. The number of nitrogens with zero attached hydrogens (tertiary/aromatic N) is 3. The van der Waals surface area contributed by atoms with Crippen molar-refractivity contribution in [3.8, 4) is 0 Å². The van der Waals surface area contributed by atoms with Crippen molar-refractivity contribution in [1.29, 1.82) is 0 Å². The lowest BCUT2D eigenvalue weighted by Gasteiger charge is -2.10. The fraction of sp³-hybridized carbons (Fsp3) is 0.455. The van der Waals surface area contributed by atoms with E-state index in [1.807, 2.05) is 30.3 Å². The molecule has 2 aromatic heterocycles. The van der Waals surface area contributed by atoms with Gasteiger partial charge in [0.15, 0.2) is 0 Å². The number of rotatable bonds is 6. The van der Waals surface area contributed by atoms with Gasteiger partial charge in [0.1, 0.15) is 5.01 Å². The first-order chi connectivity index (χ1) is 7.86. The second-order valence-electron chi connectivity index (χ2n) is 3.70. The molecule has 0 bridgehead atoms. The summed E-state index contributed by atoms with van der Waals surface area (Å²) in [6.07, 6.45) is 8.61. The minimum absolute atomic E-state index is 0.350. The Balaban J connectivity index is 1.65. The van der Waals surface area contributed by atoms with Gasteiger partial charge in [-0.05, 0) is 19.9 Å². The van der Waals surface area contributed by atoms with Crippen LogP contribution in [0.3, 0.4) is 0 Å². The maximum Gasteiger partial charge on any atom is 0.109 e. The first-order valence-electron chi connectivity index (χ1n) is 5.45. The molecule has 1 unspecified atom stereocenters. The first kappa shape index (κ1) is 11.3. The SMILES string of the molecule is CC(NCCCn1ccnc1)c1nccs1. The number of hydrogen-bond donors (Lipinski definition) is 1. The number of nitrogens with one attached hydrogen (secondary N) is 1. The standard InChI is InChI=1S/C11H16N4S/c1-10(11-14-5-8-16-11)13-3-2-6-15-7-4-12-9-15/h4-5,7-10,13H,2-3,6H2,1H3. The molecule has 0 fully saturated rings. The quantitative estimate of drug-likeness (QED) is 0.781. The predicted octanol–water partition coefficient (Wildman–Crippen LogP) is 2.08. The van der Waals surface area contributed by atoms with E-state index in [1.54, 1.807) is 11.3 Å². The van der Waals surface area contributed by atoms with E-state index in [2.05, 4.69) is 26.8 Å². The molecule has 2 rings (SSSR count). The number of hydrogen-bond acceptors (Lipinski definition) is 4. The molecule has 0 aromatic carbocycles. The number of aryl methyl sites for hydroxylation is 1. The van der Waals surface area contributed by atoms with Crippen molar-refractivity contribution in [3.05, 3.63) is 35.3 Å². The topological polar surface area (TPSA) is 42.7 Å². The number of thiazole rings is 1. The molecule has 0 radical (unpaired) electrons. The van der Waals surface area contributed by atoms with Gasteiger partial charge in [-0.3, -0.25) is 0 Å². The maximum absolute atomic E-state index is 4.29. The van der Waals surface area contributed by atoms with Gasteiger partial charge in [-0.2, -0.15) is 0 Å². The molecule has 86 valence electrons. The summed E-state index contributed by atoms with van der Waals surface area (Å²) in [5.74, 6) is 0. The van der Waals surface area contributed by atoms with Crippen LogP contribution in [0.15, 0.2) is 30.3 Å². The van der Waals surface area contributed by atoms with Gasteiger partial charge >= 0.3 is 0 Å². The molecular formula is C11H16N4S. The van der Waals surface area contributed by atoms with Gasteiger partial charge < -0.3 is 9.88 Å². The normalized spacial score (nSPS) is 12.8. The Kier molecular flexibility index (Phi) is 4.07. The molecular weight excluding hydrogens is 220 g/mol. The molecule has 0 saturated carbocycles. The summed E-state index contributed by atoms with van der Waals surface area (Å²) in [4.78, 5) is 8.30. The molecule has 5 heteroatoms. The van der Waals surface area contributed by atoms with Crippen LogP contribution in [0, 0.1) is 0 Å². The zero-order valence-electron chi connectivity index (χ0n) is 9.34. The van der Waals surface area contributed by atoms with Crippen molar-refractivity contribution in [1.82, 2.24) is 19.9 Å². The molecule has 4 nitrogen and oxygen atoms in total. The average Bonchev–Trinajstić information content (AvgIpc) is 2.96. The van der Waals surface area contributed by atoms with Crippen LogP contribution in [0.25, 0.3) is 0 Å². The van der Waals surface area contributed by atoms with Gasteiger partial charge in [-0.1, -0.05) is 0 Å². The van der Waals surface area contributed by atoms with Gasteiger partial charge in [0.2, 0.25) is 0 Å². The highest BCUT2D eigenvalue weighted by Gasteiger charge is 2.05. The van der Waals surface area contributed by atoms with E-state index in [9.17, 15) is 0 Å². The van der Waals surface area contributed by atoms with E-state index in [4.69, 9.17) is 0 Å². The summed E-state index contributed by atoms with van der Waals surface area (Å²) >= 11 is 1.70. The zero-order chi connectivity index (χ0) is 11.2. The third kappa shape index (κ3) is 3.15. The second kappa shape index (κ2) is 5.77. The Morgan fingerprint density at radius 2 is 2.44 bits per heavy atom. The van der Waals surface area contributed by atoms with Gasteiger partial charge in [-0.15, -0.1) is 11.3 Å². The fourth-order valence-electron chi connectivity index (χ4n) is 1.53. The summed E-state index contributed by atoms with van der Waals surface area (Å²) in [5, 5.41) is 6.63. The van der Waals surface area contributed by atoms with Crippen molar-refractivity contribution in [2.24, 2.45) is 0 Å². The van der Waals surface area contributed by atoms with Gasteiger partial charge in [0.05, 0.1) is 12.4 Å². The summed E-state index contributed by atoms with van der Waals surface area (Å²) in [5.41, 5.74) is 0. The minimum Gasteiger partial charge on any atom is -0.337 e. The molecule has 0 aliphatic carbocycles. The van der Waals surface area contributed by atoms with Crippen molar-refractivity contribution in [2.75, 3.05) is 6.54 Å². The Bertz CT molecular complexity index is 382. The van der Waals surface area contributed by atoms with Gasteiger partial charge in [0, 0.05) is 30.5 Å². The Morgan fingerprint density at radius 1 is 1.50 bits per heavy atom. The lowest BCUT2D eigenvalue weighted by atomic mass is 10.3. The van der Waals surface area contributed by atoms with E-state index < -0.39 is 0 Å². The highest BCUT2D eigenvalue weighted by molar-refractivity contribution is 7.09. The molecule has 16 heavy (non-hydrogen) atoms. The molecule has 1 N–H and O–H groups in total. The molecule has 1 atom stereocenters. The molecule has 0 amide bonds. The van der Waals surface area contributed by atoms with Crippen molar-refractivity contribution < 1.29 is 0 Å². The third-order valence-corrected chi connectivity index (χ3v) is 3.38. The Labute approximate surface area is 99.4 Å². The monoisotopic (exact) mass is 236 g/mol. The van der Waals surface area contributed by atoms with Crippen LogP contribution in [0.5, 0.6) is 0 Å². The van der Waals surface area contributed by atoms with Crippen LogP contribution >= 0.6 is 11.3 Å². The highest BCUT2D eigenvalue weighted by Crippen LogP contribution is 2.14. The number of imidazole rings is 1. The van der Waals surface area contributed by atoms with Crippen LogP contribution < -0.4 is 5.32 Å². The third-order valence-electron chi connectivity index (χ3n) is 2.42. The lowest BCUT2D eigenvalue weighted by molar-refractivity contribution is 0.525. The minimum atomic E-state index is 0.350.